The molecule has 1 aromatic carbocycles. The van der Waals surface area contributed by atoms with E-state index in [4.69, 9.17) is 0 Å². The summed E-state index contributed by atoms with van der Waals surface area (Å²) in [4.78, 5) is 18.4. The van der Waals surface area contributed by atoms with Gasteiger partial charge in [-0.25, -0.2) is 4.98 Å². The van der Waals surface area contributed by atoms with Crippen LogP contribution in [0.2, 0.25) is 0 Å². The van der Waals surface area contributed by atoms with E-state index >= 15 is 0 Å². The summed E-state index contributed by atoms with van der Waals surface area (Å²) < 4.78 is 0. The third-order valence-electron chi connectivity index (χ3n) is 3.40. The maximum Gasteiger partial charge on any atom is 0.246 e. The van der Waals surface area contributed by atoms with Crippen molar-refractivity contribution < 1.29 is 4.79 Å². The van der Waals surface area contributed by atoms with E-state index < -0.39 is 0 Å². The number of fused-ring (bicyclic) bond motifs is 1. The fourth-order valence-electron chi connectivity index (χ4n) is 2.34. The zero-order chi connectivity index (χ0) is 13.9. The second-order valence-corrected chi connectivity index (χ2v) is 4.63. The lowest BCUT2D eigenvalue weighted by molar-refractivity contribution is -0.122. The molecule has 0 bridgehead atoms. The summed E-state index contributed by atoms with van der Waals surface area (Å²) in [5.41, 5.74) is 1.54. The van der Waals surface area contributed by atoms with E-state index in [0.717, 1.165) is 17.6 Å². The Kier molecular flexibility index (Phi) is 3.42. The molecule has 2 heterocycles. The van der Waals surface area contributed by atoms with Crippen LogP contribution >= 0.6 is 0 Å². The van der Waals surface area contributed by atoms with Crippen molar-refractivity contribution in [2.45, 2.75) is 6.04 Å². The van der Waals surface area contributed by atoms with E-state index in [1.54, 1.807) is 7.05 Å². The van der Waals surface area contributed by atoms with Crippen molar-refractivity contribution >= 4 is 22.9 Å². The van der Waals surface area contributed by atoms with Crippen molar-refractivity contribution in [3.63, 3.8) is 0 Å². The molecule has 1 saturated heterocycles. The number of piperazine rings is 1. The van der Waals surface area contributed by atoms with Gasteiger partial charge in [0.05, 0.1) is 5.52 Å². The summed E-state index contributed by atoms with van der Waals surface area (Å²) in [5, 5.41) is 14.2. The molecule has 1 aromatic heterocycles. The van der Waals surface area contributed by atoms with Gasteiger partial charge in [0.15, 0.2) is 0 Å². The molecule has 0 radical (unpaired) electrons. The Labute approximate surface area is 116 Å². The number of carbonyl (C=O) groups is 1. The lowest BCUT2D eigenvalue weighted by Crippen LogP contribution is -2.58. The van der Waals surface area contributed by atoms with E-state index in [9.17, 15) is 4.79 Å². The van der Waals surface area contributed by atoms with Gasteiger partial charge < -0.3 is 15.5 Å². The lowest BCUT2D eigenvalue weighted by atomic mass is 10.2. The molecule has 7 nitrogen and oxygen atoms in total. The van der Waals surface area contributed by atoms with Gasteiger partial charge in [0.25, 0.3) is 0 Å². The molecular formula is C13H16N6O. The van der Waals surface area contributed by atoms with Crippen molar-refractivity contribution in [2.24, 2.45) is 0 Å². The summed E-state index contributed by atoms with van der Waals surface area (Å²) in [6.07, 6.45) is 0. The van der Waals surface area contributed by atoms with E-state index in [1.165, 1.54) is 0 Å². The Bertz CT molecular complexity index is 631. The van der Waals surface area contributed by atoms with Crippen LogP contribution in [-0.2, 0) is 4.79 Å². The van der Waals surface area contributed by atoms with Gasteiger partial charge in [0.2, 0.25) is 11.9 Å². The number of aromatic nitrogens is 3. The second kappa shape index (κ2) is 5.38. The van der Waals surface area contributed by atoms with Crippen molar-refractivity contribution in [2.75, 3.05) is 31.6 Å². The molecule has 3 rings (SSSR count). The number of para-hydroxylation sites is 1. The van der Waals surface area contributed by atoms with Gasteiger partial charge in [0.1, 0.15) is 11.6 Å². The Morgan fingerprint density at radius 2 is 2.15 bits per heavy atom. The van der Waals surface area contributed by atoms with Crippen LogP contribution in [0.4, 0.5) is 5.95 Å². The van der Waals surface area contributed by atoms with Crippen molar-refractivity contribution in [3.05, 3.63) is 24.3 Å². The molecule has 1 atom stereocenters. The molecule has 0 aliphatic carbocycles. The molecule has 0 spiro atoms. The minimum atomic E-state index is -0.309. The fourth-order valence-corrected chi connectivity index (χ4v) is 2.34. The van der Waals surface area contributed by atoms with Gasteiger partial charge in [0, 0.05) is 26.7 Å². The maximum atomic E-state index is 11.9. The number of amides is 1. The number of hydrogen-bond acceptors (Lipinski definition) is 6. The van der Waals surface area contributed by atoms with Gasteiger partial charge in [-0.05, 0) is 12.1 Å². The second-order valence-electron chi connectivity index (χ2n) is 4.63. The molecule has 1 unspecified atom stereocenters. The van der Waals surface area contributed by atoms with Crippen LogP contribution in [0.1, 0.15) is 0 Å². The molecule has 1 amide bonds. The van der Waals surface area contributed by atoms with E-state index in [-0.39, 0.29) is 11.9 Å². The lowest BCUT2D eigenvalue weighted by Gasteiger charge is -2.34. The van der Waals surface area contributed by atoms with Crippen LogP contribution in [-0.4, -0.2) is 53.8 Å². The van der Waals surface area contributed by atoms with E-state index in [1.807, 2.05) is 29.2 Å². The molecule has 20 heavy (non-hydrogen) atoms. The normalized spacial score (nSPS) is 19.1. The Balaban J connectivity index is 1.96. The zero-order valence-electron chi connectivity index (χ0n) is 11.2. The predicted molar refractivity (Wildman–Crippen MR) is 75.4 cm³/mol. The molecule has 0 saturated carbocycles. The van der Waals surface area contributed by atoms with Crippen LogP contribution in [0.25, 0.3) is 11.0 Å². The summed E-state index contributed by atoms with van der Waals surface area (Å²) in [7, 11) is 1.63. The zero-order valence-corrected chi connectivity index (χ0v) is 11.2. The van der Waals surface area contributed by atoms with Crippen LogP contribution in [0.15, 0.2) is 24.3 Å². The maximum absolute atomic E-state index is 11.9. The van der Waals surface area contributed by atoms with Crippen LogP contribution < -0.4 is 15.5 Å². The van der Waals surface area contributed by atoms with Crippen molar-refractivity contribution in [1.29, 1.82) is 0 Å². The molecule has 1 aliphatic heterocycles. The quantitative estimate of drug-likeness (QED) is 0.770. The summed E-state index contributed by atoms with van der Waals surface area (Å²) in [6.45, 7) is 2.05. The topological polar surface area (TPSA) is 83.0 Å². The highest BCUT2D eigenvalue weighted by Crippen LogP contribution is 2.16. The van der Waals surface area contributed by atoms with E-state index in [2.05, 4.69) is 25.8 Å². The van der Waals surface area contributed by atoms with Gasteiger partial charge in [-0.1, -0.05) is 12.1 Å². The number of anilines is 1. The minimum absolute atomic E-state index is 0.0473. The number of likely N-dealkylation sites (N-methyl/N-ethyl adjacent to an activating group) is 1. The average Bonchev–Trinajstić information content (AvgIpc) is 2.53. The smallest absolute Gasteiger partial charge is 0.246 e. The Morgan fingerprint density at radius 3 is 2.95 bits per heavy atom. The van der Waals surface area contributed by atoms with E-state index in [0.29, 0.717) is 19.0 Å². The average molecular weight is 272 g/mol. The third-order valence-corrected chi connectivity index (χ3v) is 3.40. The summed E-state index contributed by atoms with van der Waals surface area (Å²) in [6, 6.07) is 7.26. The van der Waals surface area contributed by atoms with Crippen LogP contribution in [0.3, 0.4) is 0 Å². The molecule has 1 fully saturated rings. The number of nitrogens with one attached hydrogen (secondary N) is 2. The molecule has 104 valence electrons. The number of nitrogens with zero attached hydrogens (tertiary/aromatic N) is 4. The highest BCUT2D eigenvalue weighted by Gasteiger charge is 2.30. The largest absolute Gasteiger partial charge is 0.357 e. The summed E-state index contributed by atoms with van der Waals surface area (Å²) in [5.74, 6) is 0.452. The first-order valence-electron chi connectivity index (χ1n) is 6.58. The molecular weight excluding hydrogens is 256 g/mol. The first-order chi connectivity index (χ1) is 9.79. The van der Waals surface area contributed by atoms with Crippen LogP contribution in [0, 0.1) is 0 Å². The number of hydrogen-bond donors (Lipinski definition) is 2. The Hall–Kier alpha value is -2.28. The minimum Gasteiger partial charge on any atom is -0.357 e. The highest BCUT2D eigenvalue weighted by molar-refractivity contribution is 5.85. The Morgan fingerprint density at radius 1 is 1.35 bits per heavy atom. The van der Waals surface area contributed by atoms with Gasteiger partial charge in [-0.3, -0.25) is 4.79 Å². The fraction of sp³-hybridized carbons (Fsp3) is 0.385. The summed E-state index contributed by atoms with van der Waals surface area (Å²) >= 11 is 0. The third kappa shape index (κ3) is 2.27. The number of carbonyl (C=O) groups excluding carboxylic acids is 1. The molecule has 2 N–H and O–H groups in total. The van der Waals surface area contributed by atoms with Crippen molar-refractivity contribution in [1.82, 2.24) is 25.8 Å². The first-order valence-corrected chi connectivity index (χ1v) is 6.58. The standard InChI is InChI=1S/C13H16N6O/c1-14-12(20)11-8-15-6-7-19(11)13-16-9-4-2-3-5-10(9)17-18-13/h2-5,11,15H,6-8H2,1H3,(H,14,20). The predicted octanol–water partition coefficient (Wildman–Crippen LogP) is -0.451. The first kappa shape index (κ1) is 12.7. The highest BCUT2D eigenvalue weighted by atomic mass is 16.2. The molecule has 1 aliphatic rings. The number of rotatable bonds is 2. The van der Waals surface area contributed by atoms with Gasteiger partial charge >= 0.3 is 0 Å². The SMILES string of the molecule is CNC(=O)C1CNCCN1c1nnc2ccccc2n1. The van der Waals surface area contributed by atoms with Gasteiger partial charge in [-0.2, -0.15) is 0 Å². The molecule has 7 heteroatoms. The number of benzene rings is 1. The van der Waals surface area contributed by atoms with Gasteiger partial charge in [-0.15, -0.1) is 10.2 Å². The van der Waals surface area contributed by atoms with Crippen molar-refractivity contribution in [3.8, 4) is 0 Å². The monoisotopic (exact) mass is 272 g/mol. The molecule has 2 aromatic rings. The van der Waals surface area contributed by atoms with Crippen LogP contribution in [0.5, 0.6) is 0 Å².